The summed E-state index contributed by atoms with van der Waals surface area (Å²) in [6.45, 7) is -1.56. The largest absolute Gasteiger partial charge is 0.406 e. The number of hydrogen-bond donors (Lipinski definition) is 2. The summed E-state index contributed by atoms with van der Waals surface area (Å²) in [5.74, 6) is -1.95. The molecule has 0 radical (unpaired) electrons. The van der Waals surface area contributed by atoms with Crippen molar-refractivity contribution >= 4 is 28.4 Å². The molecule has 1 atom stereocenters. The van der Waals surface area contributed by atoms with Crippen LogP contribution in [0.15, 0.2) is 24.4 Å². The Morgan fingerprint density at radius 2 is 2.22 bits per heavy atom. The van der Waals surface area contributed by atoms with Crippen molar-refractivity contribution in [2.75, 3.05) is 18.4 Å². The summed E-state index contributed by atoms with van der Waals surface area (Å²) in [6.07, 6.45) is -3.10. The van der Waals surface area contributed by atoms with Gasteiger partial charge in [-0.05, 0) is 6.07 Å². The maximum Gasteiger partial charge on any atom is 0.406 e. The second-order valence-corrected chi connectivity index (χ2v) is 5.42. The summed E-state index contributed by atoms with van der Waals surface area (Å²) in [5.41, 5.74) is 1.10. The van der Waals surface area contributed by atoms with Crippen LogP contribution >= 0.6 is 0 Å². The Hall–Kier alpha value is -2.58. The number of likely N-dealkylation sites (tertiary alicyclic amines) is 1. The van der Waals surface area contributed by atoms with Crippen LogP contribution in [0.1, 0.15) is 6.42 Å². The van der Waals surface area contributed by atoms with Crippen LogP contribution in [0.2, 0.25) is 0 Å². The summed E-state index contributed by atoms with van der Waals surface area (Å²) in [5, 5.41) is 10.1. The van der Waals surface area contributed by atoms with Crippen LogP contribution in [-0.2, 0) is 9.59 Å². The highest BCUT2D eigenvalue weighted by Gasteiger charge is 2.40. The average molecular weight is 326 g/mol. The number of carbonyl (C=O) groups is 2. The number of carbonyl (C=O) groups excluding carboxylic acids is 2. The van der Waals surface area contributed by atoms with Crippen molar-refractivity contribution in [3.8, 4) is 0 Å². The van der Waals surface area contributed by atoms with Gasteiger partial charge >= 0.3 is 6.18 Å². The van der Waals surface area contributed by atoms with Gasteiger partial charge in [0.2, 0.25) is 11.8 Å². The fourth-order valence-corrected chi connectivity index (χ4v) is 2.62. The Labute approximate surface area is 128 Å². The number of para-hydroxylation sites is 1. The van der Waals surface area contributed by atoms with E-state index in [0.717, 1.165) is 5.39 Å². The molecule has 23 heavy (non-hydrogen) atoms. The summed E-state index contributed by atoms with van der Waals surface area (Å²) in [7, 11) is 0. The van der Waals surface area contributed by atoms with E-state index in [0.29, 0.717) is 16.1 Å². The van der Waals surface area contributed by atoms with Gasteiger partial charge in [-0.2, -0.15) is 18.3 Å². The Kier molecular flexibility index (Phi) is 3.70. The lowest BCUT2D eigenvalue weighted by atomic mass is 10.1. The van der Waals surface area contributed by atoms with Crippen LogP contribution < -0.4 is 5.32 Å². The summed E-state index contributed by atoms with van der Waals surface area (Å²) < 4.78 is 37.2. The van der Waals surface area contributed by atoms with Crippen molar-refractivity contribution in [2.45, 2.75) is 12.6 Å². The van der Waals surface area contributed by atoms with E-state index in [1.54, 1.807) is 24.4 Å². The smallest absolute Gasteiger partial charge is 0.333 e. The van der Waals surface area contributed by atoms with Gasteiger partial charge in [-0.15, -0.1) is 0 Å². The van der Waals surface area contributed by atoms with Crippen molar-refractivity contribution in [1.82, 2.24) is 15.1 Å². The molecule has 2 aromatic rings. The number of fused-ring (bicyclic) bond motifs is 1. The Morgan fingerprint density at radius 1 is 1.43 bits per heavy atom. The van der Waals surface area contributed by atoms with Crippen molar-refractivity contribution in [3.63, 3.8) is 0 Å². The van der Waals surface area contributed by atoms with Crippen molar-refractivity contribution in [2.24, 2.45) is 5.92 Å². The third-order valence-electron chi connectivity index (χ3n) is 3.69. The number of benzene rings is 1. The molecule has 0 bridgehead atoms. The van der Waals surface area contributed by atoms with Gasteiger partial charge in [0.15, 0.2) is 0 Å². The lowest BCUT2D eigenvalue weighted by Crippen LogP contribution is -2.36. The number of hydrogen-bond acceptors (Lipinski definition) is 3. The minimum atomic E-state index is -4.47. The number of nitrogens with zero attached hydrogens (tertiary/aromatic N) is 2. The van der Waals surface area contributed by atoms with Gasteiger partial charge in [0.05, 0.1) is 23.3 Å². The first-order valence-corrected chi connectivity index (χ1v) is 6.91. The molecule has 2 heterocycles. The number of halogens is 3. The molecule has 122 valence electrons. The number of rotatable bonds is 3. The first kappa shape index (κ1) is 15.3. The van der Waals surface area contributed by atoms with E-state index in [1.807, 2.05) is 0 Å². The van der Waals surface area contributed by atoms with E-state index >= 15 is 0 Å². The summed E-state index contributed by atoms with van der Waals surface area (Å²) in [4.78, 5) is 24.5. The first-order chi connectivity index (χ1) is 10.8. The lowest BCUT2D eigenvalue weighted by Gasteiger charge is -2.18. The van der Waals surface area contributed by atoms with Crippen molar-refractivity contribution < 1.29 is 22.8 Å². The van der Waals surface area contributed by atoms with E-state index in [4.69, 9.17) is 0 Å². The van der Waals surface area contributed by atoms with Gasteiger partial charge in [-0.25, -0.2) is 0 Å². The van der Waals surface area contributed by atoms with E-state index in [2.05, 4.69) is 15.5 Å². The molecule has 1 unspecified atom stereocenters. The van der Waals surface area contributed by atoms with E-state index in [-0.39, 0.29) is 13.0 Å². The second-order valence-electron chi connectivity index (χ2n) is 5.42. The zero-order chi connectivity index (χ0) is 16.6. The number of alkyl halides is 3. The summed E-state index contributed by atoms with van der Waals surface area (Å²) in [6, 6.07) is 5.19. The van der Waals surface area contributed by atoms with Crippen LogP contribution in [0.3, 0.4) is 0 Å². The monoisotopic (exact) mass is 326 g/mol. The van der Waals surface area contributed by atoms with Crippen LogP contribution in [0.4, 0.5) is 18.9 Å². The van der Waals surface area contributed by atoms with Gasteiger partial charge < -0.3 is 10.2 Å². The molecule has 6 nitrogen and oxygen atoms in total. The second kappa shape index (κ2) is 5.56. The highest BCUT2D eigenvalue weighted by molar-refractivity contribution is 6.02. The van der Waals surface area contributed by atoms with Gasteiger partial charge in [0, 0.05) is 18.4 Å². The fraction of sp³-hybridized carbons (Fsp3) is 0.357. The number of aromatic nitrogens is 2. The SMILES string of the molecule is O=C(Nc1cccc2cn[nH]c12)C1CC(=O)N(CC(F)(F)F)C1. The third-order valence-corrected chi connectivity index (χ3v) is 3.69. The minimum absolute atomic E-state index is 0.221. The van der Waals surface area contributed by atoms with Crippen LogP contribution in [0, 0.1) is 5.92 Å². The normalized spacial score (nSPS) is 18.7. The molecule has 0 aliphatic carbocycles. The zero-order valence-electron chi connectivity index (χ0n) is 11.9. The third kappa shape index (κ3) is 3.27. The minimum Gasteiger partial charge on any atom is -0.333 e. The predicted octanol–water partition coefficient (Wildman–Crippen LogP) is 1.91. The Morgan fingerprint density at radius 3 is 2.96 bits per heavy atom. The summed E-state index contributed by atoms with van der Waals surface area (Å²) >= 11 is 0. The molecule has 1 aliphatic heterocycles. The molecule has 1 aliphatic rings. The predicted molar refractivity (Wildman–Crippen MR) is 75.5 cm³/mol. The van der Waals surface area contributed by atoms with E-state index in [9.17, 15) is 22.8 Å². The molecule has 0 saturated carbocycles. The van der Waals surface area contributed by atoms with Gasteiger partial charge in [-0.1, -0.05) is 12.1 Å². The van der Waals surface area contributed by atoms with Crippen LogP contribution in [-0.4, -0.2) is 46.2 Å². The number of anilines is 1. The molecule has 0 spiro atoms. The molecule has 2 amide bonds. The molecule has 1 aromatic heterocycles. The number of H-pyrrole nitrogens is 1. The standard InChI is InChI=1S/C14H13F3N4O2/c15-14(16,17)7-21-6-9(4-11(21)22)13(23)19-10-3-1-2-8-5-18-20-12(8)10/h1-3,5,9H,4,6-7H2,(H,18,20)(H,19,23). The van der Waals surface area contributed by atoms with Gasteiger partial charge in [0.25, 0.3) is 0 Å². The number of amides is 2. The first-order valence-electron chi connectivity index (χ1n) is 6.91. The highest BCUT2D eigenvalue weighted by Crippen LogP contribution is 2.26. The Bertz CT molecular complexity index is 756. The topological polar surface area (TPSA) is 78.1 Å². The lowest BCUT2D eigenvalue weighted by molar-refractivity contribution is -0.157. The fourth-order valence-electron chi connectivity index (χ4n) is 2.62. The van der Waals surface area contributed by atoms with Crippen molar-refractivity contribution in [3.05, 3.63) is 24.4 Å². The Balaban J connectivity index is 1.70. The van der Waals surface area contributed by atoms with Gasteiger partial charge in [0.1, 0.15) is 6.54 Å². The molecule has 3 rings (SSSR count). The average Bonchev–Trinajstić information content (AvgIpc) is 3.05. The number of nitrogens with one attached hydrogen (secondary N) is 2. The zero-order valence-corrected chi connectivity index (χ0v) is 11.9. The van der Waals surface area contributed by atoms with Crippen LogP contribution in [0.25, 0.3) is 10.9 Å². The molecule has 1 saturated heterocycles. The van der Waals surface area contributed by atoms with E-state index < -0.39 is 30.5 Å². The maximum atomic E-state index is 12.4. The van der Waals surface area contributed by atoms with Crippen LogP contribution in [0.5, 0.6) is 0 Å². The van der Waals surface area contributed by atoms with Crippen molar-refractivity contribution in [1.29, 1.82) is 0 Å². The molecule has 9 heteroatoms. The van der Waals surface area contributed by atoms with Gasteiger partial charge in [-0.3, -0.25) is 14.7 Å². The van der Waals surface area contributed by atoms with E-state index in [1.165, 1.54) is 0 Å². The quantitative estimate of drug-likeness (QED) is 0.904. The molecular formula is C14H13F3N4O2. The molecule has 2 N–H and O–H groups in total. The molecule has 1 fully saturated rings. The maximum absolute atomic E-state index is 12.4. The molecular weight excluding hydrogens is 313 g/mol. The highest BCUT2D eigenvalue weighted by atomic mass is 19.4. The number of aromatic amines is 1. The molecule has 1 aromatic carbocycles.